The van der Waals surface area contributed by atoms with Crippen LogP contribution in [0.25, 0.3) is 0 Å². The van der Waals surface area contributed by atoms with Crippen LogP contribution in [0, 0.1) is 0 Å². The first-order valence-electron chi connectivity index (χ1n) is 8.83. The highest BCUT2D eigenvalue weighted by atomic mass is 16.5. The van der Waals surface area contributed by atoms with Crippen LogP contribution in [0.3, 0.4) is 0 Å². The van der Waals surface area contributed by atoms with Crippen molar-refractivity contribution in [3.05, 3.63) is 41.3 Å². The fourth-order valence-corrected chi connectivity index (χ4v) is 2.98. The lowest BCUT2D eigenvalue weighted by Gasteiger charge is -2.27. The molecule has 3 heterocycles. The zero-order valence-electron chi connectivity index (χ0n) is 15.2. The van der Waals surface area contributed by atoms with Crippen LogP contribution in [-0.4, -0.2) is 63.4 Å². The molecule has 9 heteroatoms. The van der Waals surface area contributed by atoms with Crippen LogP contribution in [0.4, 0.5) is 0 Å². The third-order valence-corrected chi connectivity index (χ3v) is 4.37. The van der Waals surface area contributed by atoms with Crippen molar-refractivity contribution >= 4 is 11.8 Å². The molecule has 2 aromatic heterocycles. The van der Waals surface area contributed by atoms with Crippen molar-refractivity contribution in [1.82, 2.24) is 25.0 Å². The van der Waals surface area contributed by atoms with Crippen LogP contribution < -0.4 is 10.1 Å². The minimum absolute atomic E-state index is 0.0717. The van der Waals surface area contributed by atoms with Gasteiger partial charge in [0.2, 0.25) is 11.8 Å². The van der Waals surface area contributed by atoms with Crippen LogP contribution >= 0.6 is 0 Å². The molecule has 0 atom stereocenters. The number of aromatic nitrogens is 3. The van der Waals surface area contributed by atoms with Crippen molar-refractivity contribution in [2.75, 3.05) is 26.8 Å². The quantitative estimate of drug-likeness (QED) is 0.706. The van der Waals surface area contributed by atoms with E-state index in [1.807, 2.05) is 10.7 Å². The molecule has 0 aliphatic carbocycles. The topological polar surface area (TPSA) is 110 Å². The molecule has 0 aromatic carbocycles. The summed E-state index contributed by atoms with van der Waals surface area (Å²) < 4.78 is 6.97. The number of aliphatic hydroxyl groups excluding tert-OH is 1. The maximum Gasteiger partial charge on any atom is 0.254 e. The number of nitrogens with zero attached hydrogens (tertiary/aromatic N) is 4. The van der Waals surface area contributed by atoms with Crippen LogP contribution in [0.1, 0.15) is 28.2 Å². The Morgan fingerprint density at radius 3 is 2.96 bits per heavy atom. The normalized spacial score (nSPS) is 13.2. The number of hydrogen-bond donors (Lipinski definition) is 2. The molecule has 2 amide bonds. The van der Waals surface area contributed by atoms with Gasteiger partial charge < -0.3 is 20.1 Å². The third-order valence-electron chi connectivity index (χ3n) is 4.37. The Morgan fingerprint density at radius 2 is 2.19 bits per heavy atom. The van der Waals surface area contributed by atoms with Gasteiger partial charge in [0.25, 0.3) is 5.91 Å². The third kappa shape index (κ3) is 4.62. The smallest absolute Gasteiger partial charge is 0.254 e. The molecule has 144 valence electrons. The van der Waals surface area contributed by atoms with Crippen molar-refractivity contribution in [3.63, 3.8) is 0 Å². The molecule has 0 radical (unpaired) electrons. The second-order valence-electron chi connectivity index (χ2n) is 6.24. The monoisotopic (exact) mass is 373 g/mol. The first-order valence-corrected chi connectivity index (χ1v) is 8.83. The molecule has 1 aliphatic rings. The number of pyridine rings is 1. The van der Waals surface area contributed by atoms with Gasteiger partial charge in [0, 0.05) is 43.8 Å². The average Bonchev–Trinajstić information content (AvgIpc) is 3.12. The van der Waals surface area contributed by atoms with Gasteiger partial charge in [-0.15, -0.1) is 0 Å². The Bertz CT molecular complexity index is 820. The Labute approximate surface area is 156 Å². The van der Waals surface area contributed by atoms with E-state index in [9.17, 15) is 9.59 Å². The maximum atomic E-state index is 12.7. The number of aliphatic hydroxyl groups is 1. The lowest BCUT2D eigenvalue weighted by Crippen LogP contribution is -2.38. The number of nitrogens with one attached hydrogen (secondary N) is 1. The minimum Gasteiger partial charge on any atom is -0.481 e. The van der Waals surface area contributed by atoms with Gasteiger partial charge in [-0.2, -0.15) is 5.10 Å². The SMILES string of the molecule is COc1cc(C(=O)N2CCn3nc(CCC(=O)NCCO)cc3C2)ccn1. The molecule has 27 heavy (non-hydrogen) atoms. The molecule has 0 saturated heterocycles. The van der Waals surface area contributed by atoms with E-state index in [-0.39, 0.29) is 25.0 Å². The number of carbonyl (C=O) groups is 2. The summed E-state index contributed by atoms with van der Waals surface area (Å²) >= 11 is 0. The molecular formula is C18H23N5O4. The second kappa shape index (κ2) is 8.63. The summed E-state index contributed by atoms with van der Waals surface area (Å²) in [6.07, 6.45) is 2.39. The van der Waals surface area contributed by atoms with E-state index < -0.39 is 0 Å². The van der Waals surface area contributed by atoms with Gasteiger partial charge in [0.05, 0.1) is 38.2 Å². The summed E-state index contributed by atoms with van der Waals surface area (Å²) in [5.41, 5.74) is 2.31. The summed E-state index contributed by atoms with van der Waals surface area (Å²) in [7, 11) is 1.52. The van der Waals surface area contributed by atoms with E-state index in [4.69, 9.17) is 9.84 Å². The fraction of sp³-hybridized carbons (Fsp3) is 0.444. The predicted molar refractivity (Wildman–Crippen MR) is 96.2 cm³/mol. The minimum atomic E-state index is -0.113. The summed E-state index contributed by atoms with van der Waals surface area (Å²) in [6.45, 7) is 1.83. The molecule has 1 aliphatic heterocycles. The van der Waals surface area contributed by atoms with E-state index in [2.05, 4.69) is 15.4 Å². The summed E-state index contributed by atoms with van der Waals surface area (Å²) in [5.74, 6) is 0.219. The first-order chi connectivity index (χ1) is 13.1. The highest BCUT2D eigenvalue weighted by Crippen LogP contribution is 2.18. The number of amides is 2. The van der Waals surface area contributed by atoms with Crippen LogP contribution in [0.15, 0.2) is 24.4 Å². The predicted octanol–water partition coefficient (Wildman–Crippen LogP) is -0.0162. The van der Waals surface area contributed by atoms with Crippen LogP contribution in [0.5, 0.6) is 5.88 Å². The number of aryl methyl sites for hydroxylation is 1. The molecule has 2 aromatic rings. The van der Waals surface area contributed by atoms with Gasteiger partial charge >= 0.3 is 0 Å². The van der Waals surface area contributed by atoms with Gasteiger partial charge in [-0.05, 0) is 12.1 Å². The number of fused-ring (bicyclic) bond motifs is 1. The lowest BCUT2D eigenvalue weighted by atomic mass is 10.2. The molecule has 0 saturated carbocycles. The summed E-state index contributed by atoms with van der Waals surface area (Å²) in [4.78, 5) is 30.2. The highest BCUT2D eigenvalue weighted by molar-refractivity contribution is 5.94. The average molecular weight is 373 g/mol. The number of rotatable bonds is 7. The molecule has 2 N–H and O–H groups in total. The van der Waals surface area contributed by atoms with Crippen molar-refractivity contribution in [3.8, 4) is 5.88 Å². The highest BCUT2D eigenvalue weighted by Gasteiger charge is 2.23. The Hall–Kier alpha value is -2.94. The summed E-state index contributed by atoms with van der Waals surface area (Å²) in [5, 5.41) is 15.9. The molecule has 0 bridgehead atoms. The Balaban J connectivity index is 1.61. The molecular weight excluding hydrogens is 350 g/mol. The van der Waals surface area contributed by atoms with Crippen molar-refractivity contribution in [2.24, 2.45) is 0 Å². The van der Waals surface area contributed by atoms with E-state index >= 15 is 0 Å². The first kappa shape index (κ1) is 18.8. The summed E-state index contributed by atoms with van der Waals surface area (Å²) in [6, 6.07) is 5.24. The standard InChI is InChI=1S/C18H23N5O4/c1-27-17-10-13(4-5-20-17)18(26)22-7-8-23-15(12-22)11-14(21-23)2-3-16(25)19-6-9-24/h4-5,10-11,24H,2-3,6-9,12H2,1H3,(H,19,25). The zero-order chi connectivity index (χ0) is 19.2. The van der Waals surface area contributed by atoms with Crippen molar-refractivity contribution in [2.45, 2.75) is 25.9 Å². The van der Waals surface area contributed by atoms with Gasteiger partial charge in [-0.3, -0.25) is 14.3 Å². The fourth-order valence-electron chi connectivity index (χ4n) is 2.98. The van der Waals surface area contributed by atoms with Crippen molar-refractivity contribution < 1.29 is 19.4 Å². The second-order valence-corrected chi connectivity index (χ2v) is 6.24. The molecule has 0 fully saturated rings. The van der Waals surface area contributed by atoms with Gasteiger partial charge in [0.15, 0.2) is 0 Å². The van der Waals surface area contributed by atoms with E-state index in [1.165, 1.54) is 7.11 Å². The number of hydrogen-bond acceptors (Lipinski definition) is 6. The Kier molecular flexibility index (Phi) is 6.02. The van der Waals surface area contributed by atoms with Crippen molar-refractivity contribution in [1.29, 1.82) is 0 Å². The maximum absolute atomic E-state index is 12.7. The van der Waals surface area contributed by atoms with E-state index in [0.29, 0.717) is 43.9 Å². The molecule has 0 unspecified atom stereocenters. The Morgan fingerprint density at radius 1 is 1.33 bits per heavy atom. The molecule has 3 rings (SSSR count). The molecule has 9 nitrogen and oxygen atoms in total. The van der Waals surface area contributed by atoms with Gasteiger partial charge in [-0.1, -0.05) is 0 Å². The van der Waals surface area contributed by atoms with E-state index in [1.54, 1.807) is 23.2 Å². The number of carbonyl (C=O) groups excluding carboxylic acids is 2. The van der Waals surface area contributed by atoms with Gasteiger partial charge in [0.1, 0.15) is 0 Å². The largest absolute Gasteiger partial charge is 0.481 e. The lowest BCUT2D eigenvalue weighted by molar-refractivity contribution is -0.121. The number of ether oxygens (including phenoxy) is 1. The molecule has 0 spiro atoms. The zero-order valence-corrected chi connectivity index (χ0v) is 15.2. The van der Waals surface area contributed by atoms with E-state index in [0.717, 1.165) is 11.4 Å². The van der Waals surface area contributed by atoms with Gasteiger partial charge in [-0.25, -0.2) is 4.98 Å². The van der Waals surface area contributed by atoms with Crippen LogP contribution in [-0.2, 0) is 24.3 Å². The van der Waals surface area contributed by atoms with Crippen LogP contribution in [0.2, 0.25) is 0 Å². The number of methoxy groups -OCH3 is 1.